The fraction of sp³-hybridized carbons (Fsp3) is 0.429. The lowest BCUT2D eigenvalue weighted by molar-refractivity contribution is 0.0544. The average molecular weight is 281 g/mol. The monoisotopic (exact) mass is 280 g/mol. The molecule has 0 amide bonds. The molecule has 0 unspecified atom stereocenters. The normalized spacial score (nSPS) is 11.8. The van der Waals surface area contributed by atoms with Crippen molar-refractivity contribution in [2.75, 3.05) is 0 Å². The second-order valence-corrected chi connectivity index (χ2v) is 5.75. The van der Waals surface area contributed by atoms with Gasteiger partial charge in [0.15, 0.2) is 0 Å². The number of ether oxygens (including phenoxy) is 1. The lowest BCUT2D eigenvalue weighted by atomic mass is 10.2. The van der Waals surface area contributed by atoms with Gasteiger partial charge in [0.25, 0.3) is 0 Å². The minimum atomic E-state index is -0.528. The molecule has 102 valence electrons. The van der Waals surface area contributed by atoms with Crippen LogP contribution in [-0.2, 0) is 11.2 Å². The summed E-state index contributed by atoms with van der Waals surface area (Å²) in [6.45, 7) is 7.53. The first-order chi connectivity index (χ1) is 8.81. The number of rotatable bonds is 1. The summed E-state index contributed by atoms with van der Waals surface area (Å²) >= 11 is 5.91. The van der Waals surface area contributed by atoms with Gasteiger partial charge in [-0.15, -0.1) is 0 Å². The number of hydrogen-bond acceptors (Lipinski definition) is 3. The van der Waals surface area contributed by atoms with Crippen LogP contribution < -0.4 is 0 Å². The van der Waals surface area contributed by atoms with E-state index in [0.717, 1.165) is 23.0 Å². The molecule has 0 aliphatic rings. The maximum atomic E-state index is 12.2. The van der Waals surface area contributed by atoms with E-state index in [1.165, 1.54) is 4.57 Å². The fourth-order valence-corrected chi connectivity index (χ4v) is 2.01. The standard InChI is InChI=1S/C14H17ClN2O2/c1-5-9-8-17(13(18)19-14(2,3)4)10-6-7-11(15)16-12(9)10/h6-8H,5H2,1-4H3. The highest BCUT2D eigenvalue weighted by Gasteiger charge is 2.20. The zero-order valence-corrected chi connectivity index (χ0v) is 12.3. The minimum Gasteiger partial charge on any atom is -0.443 e. The van der Waals surface area contributed by atoms with E-state index >= 15 is 0 Å². The average Bonchev–Trinajstić information content (AvgIpc) is 2.64. The number of pyridine rings is 1. The van der Waals surface area contributed by atoms with Crippen LogP contribution in [0.15, 0.2) is 18.3 Å². The van der Waals surface area contributed by atoms with Crippen LogP contribution in [0.25, 0.3) is 11.0 Å². The Kier molecular flexibility index (Phi) is 3.54. The van der Waals surface area contributed by atoms with E-state index in [0.29, 0.717) is 5.15 Å². The molecule has 0 saturated carbocycles. The Morgan fingerprint density at radius 3 is 2.68 bits per heavy atom. The zero-order chi connectivity index (χ0) is 14.2. The van der Waals surface area contributed by atoms with Gasteiger partial charge in [-0.2, -0.15) is 0 Å². The SMILES string of the molecule is CCc1cn(C(=O)OC(C)(C)C)c2ccc(Cl)nc12. The molecule has 19 heavy (non-hydrogen) atoms. The topological polar surface area (TPSA) is 44.1 Å². The fourth-order valence-electron chi connectivity index (χ4n) is 1.87. The number of nitrogens with zero attached hydrogens (tertiary/aromatic N) is 2. The minimum absolute atomic E-state index is 0.402. The lowest BCUT2D eigenvalue weighted by Crippen LogP contribution is -2.26. The second kappa shape index (κ2) is 4.85. The van der Waals surface area contributed by atoms with Crippen molar-refractivity contribution in [2.24, 2.45) is 0 Å². The van der Waals surface area contributed by atoms with Crippen LogP contribution in [0.4, 0.5) is 4.79 Å². The molecule has 5 heteroatoms. The Morgan fingerprint density at radius 2 is 2.11 bits per heavy atom. The molecular formula is C14H17ClN2O2. The van der Waals surface area contributed by atoms with Crippen molar-refractivity contribution in [1.82, 2.24) is 9.55 Å². The van der Waals surface area contributed by atoms with Gasteiger partial charge in [0.05, 0.1) is 11.0 Å². The van der Waals surface area contributed by atoms with Gasteiger partial charge in [0.1, 0.15) is 10.8 Å². The molecule has 0 atom stereocenters. The molecule has 0 fully saturated rings. The van der Waals surface area contributed by atoms with E-state index in [9.17, 15) is 4.79 Å². The van der Waals surface area contributed by atoms with Gasteiger partial charge in [0.2, 0.25) is 0 Å². The smallest absolute Gasteiger partial charge is 0.419 e. The van der Waals surface area contributed by atoms with Crippen LogP contribution >= 0.6 is 11.6 Å². The van der Waals surface area contributed by atoms with Crippen molar-refractivity contribution in [2.45, 2.75) is 39.7 Å². The highest BCUT2D eigenvalue weighted by atomic mass is 35.5. The molecule has 2 heterocycles. The summed E-state index contributed by atoms with van der Waals surface area (Å²) in [6.07, 6.45) is 2.14. The number of fused-ring (bicyclic) bond motifs is 1. The number of halogens is 1. The Bertz CT molecular complexity index is 626. The van der Waals surface area contributed by atoms with Crippen LogP contribution in [0.2, 0.25) is 5.15 Å². The van der Waals surface area contributed by atoms with E-state index in [4.69, 9.17) is 16.3 Å². The molecule has 0 radical (unpaired) electrons. The molecule has 2 aromatic rings. The van der Waals surface area contributed by atoms with Gasteiger partial charge in [0, 0.05) is 6.20 Å². The lowest BCUT2D eigenvalue weighted by Gasteiger charge is -2.19. The van der Waals surface area contributed by atoms with Gasteiger partial charge >= 0.3 is 6.09 Å². The maximum absolute atomic E-state index is 12.2. The van der Waals surface area contributed by atoms with Gasteiger partial charge in [-0.25, -0.2) is 9.78 Å². The summed E-state index contributed by atoms with van der Waals surface area (Å²) in [4.78, 5) is 16.5. The molecule has 0 bridgehead atoms. The predicted octanol–water partition coefficient (Wildman–Crippen LogP) is 4.04. The molecule has 2 aromatic heterocycles. The summed E-state index contributed by atoms with van der Waals surface area (Å²) in [5, 5.41) is 0.420. The number of hydrogen-bond donors (Lipinski definition) is 0. The first-order valence-corrected chi connectivity index (χ1v) is 6.59. The third kappa shape index (κ3) is 2.89. The van der Waals surface area contributed by atoms with Gasteiger partial charge < -0.3 is 4.74 Å². The molecule has 0 aliphatic carbocycles. The Morgan fingerprint density at radius 1 is 1.42 bits per heavy atom. The Hall–Kier alpha value is -1.55. The van der Waals surface area contributed by atoms with E-state index in [-0.39, 0.29) is 0 Å². The second-order valence-electron chi connectivity index (χ2n) is 5.36. The highest BCUT2D eigenvalue weighted by Crippen LogP contribution is 2.23. The molecule has 4 nitrogen and oxygen atoms in total. The number of aryl methyl sites for hydroxylation is 1. The van der Waals surface area contributed by atoms with Gasteiger partial charge in [-0.05, 0) is 44.9 Å². The summed E-state index contributed by atoms with van der Waals surface area (Å²) in [6, 6.07) is 3.46. The number of aromatic nitrogens is 2. The number of carbonyl (C=O) groups excluding carboxylic acids is 1. The summed E-state index contributed by atoms with van der Waals surface area (Å²) < 4.78 is 6.87. The molecule has 0 saturated heterocycles. The van der Waals surface area contributed by atoms with Crippen molar-refractivity contribution in [3.8, 4) is 0 Å². The van der Waals surface area contributed by atoms with Gasteiger partial charge in [-0.3, -0.25) is 4.57 Å². The number of carbonyl (C=O) groups is 1. The van der Waals surface area contributed by atoms with Gasteiger partial charge in [-0.1, -0.05) is 18.5 Å². The molecule has 2 rings (SSSR count). The van der Waals surface area contributed by atoms with Crippen molar-refractivity contribution in [1.29, 1.82) is 0 Å². The van der Waals surface area contributed by atoms with Crippen molar-refractivity contribution >= 4 is 28.7 Å². The molecule has 0 aromatic carbocycles. The van der Waals surface area contributed by atoms with Crippen molar-refractivity contribution in [3.05, 3.63) is 29.0 Å². The summed E-state index contributed by atoms with van der Waals surface area (Å²) in [7, 11) is 0. The van der Waals surface area contributed by atoms with Crippen LogP contribution in [0, 0.1) is 0 Å². The first kappa shape index (κ1) is 13.9. The highest BCUT2D eigenvalue weighted by molar-refractivity contribution is 6.29. The Balaban J connectivity index is 2.52. The van der Waals surface area contributed by atoms with E-state index in [2.05, 4.69) is 4.98 Å². The third-order valence-corrected chi connectivity index (χ3v) is 2.87. The van der Waals surface area contributed by atoms with E-state index < -0.39 is 11.7 Å². The molecule has 0 spiro atoms. The zero-order valence-electron chi connectivity index (χ0n) is 11.5. The van der Waals surface area contributed by atoms with E-state index in [1.54, 1.807) is 18.3 Å². The largest absolute Gasteiger partial charge is 0.443 e. The summed E-state index contributed by atoms with van der Waals surface area (Å²) in [5.41, 5.74) is 1.92. The quantitative estimate of drug-likeness (QED) is 0.741. The molecular weight excluding hydrogens is 264 g/mol. The van der Waals surface area contributed by atoms with E-state index in [1.807, 2.05) is 27.7 Å². The van der Waals surface area contributed by atoms with Crippen LogP contribution in [0.3, 0.4) is 0 Å². The first-order valence-electron chi connectivity index (χ1n) is 6.21. The predicted molar refractivity (Wildman–Crippen MR) is 75.8 cm³/mol. The van der Waals surface area contributed by atoms with Crippen molar-refractivity contribution in [3.63, 3.8) is 0 Å². The maximum Gasteiger partial charge on any atom is 0.419 e. The van der Waals surface area contributed by atoms with Crippen LogP contribution in [-0.4, -0.2) is 21.2 Å². The van der Waals surface area contributed by atoms with Crippen LogP contribution in [0.1, 0.15) is 33.3 Å². The molecule has 0 N–H and O–H groups in total. The summed E-state index contributed by atoms with van der Waals surface area (Å²) in [5.74, 6) is 0. The molecule has 0 aliphatic heterocycles. The van der Waals surface area contributed by atoms with Crippen LogP contribution in [0.5, 0.6) is 0 Å². The Labute approximate surface area is 117 Å². The van der Waals surface area contributed by atoms with Crippen molar-refractivity contribution < 1.29 is 9.53 Å². The third-order valence-electron chi connectivity index (χ3n) is 2.66.